The molecule has 0 fully saturated rings. The summed E-state index contributed by atoms with van der Waals surface area (Å²) in [6, 6.07) is 20.2. The predicted molar refractivity (Wildman–Crippen MR) is 134 cm³/mol. The van der Waals surface area contributed by atoms with Crippen LogP contribution in [0.4, 0.5) is 0 Å². The highest BCUT2D eigenvalue weighted by atomic mass is 16.5. The first-order chi connectivity index (χ1) is 16.4. The van der Waals surface area contributed by atoms with Crippen LogP contribution in [0.5, 0.6) is 11.5 Å². The van der Waals surface area contributed by atoms with Gasteiger partial charge in [0.15, 0.2) is 0 Å². The molecule has 0 atom stereocenters. The fourth-order valence-electron chi connectivity index (χ4n) is 4.22. The summed E-state index contributed by atoms with van der Waals surface area (Å²) in [5.41, 5.74) is 11.9. The third-order valence-electron chi connectivity index (χ3n) is 5.94. The number of nitrogens with zero attached hydrogens (tertiary/aromatic N) is 1. The molecular weight excluding hydrogens is 428 g/mol. The second kappa shape index (κ2) is 10.0. The van der Waals surface area contributed by atoms with Gasteiger partial charge in [-0.2, -0.15) is 0 Å². The summed E-state index contributed by atoms with van der Waals surface area (Å²) in [6.07, 6.45) is 2.00. The number of ether oxygens (including phenoxy) is 2. The molecular formula is C28H30N2O4. The van der Waals surface area contributed by atoms with E-state index in [0.29, 0.717) is 36.3 Å². The lowest BCUT2D eigenvalue weighted by Crippen LogP contribution is -2.05. The van der Waals surface area contributed by atoms with E-state index in [4.69, 9.17) is 15.2 Å². The zero-order chi connectivity index (χ0) is 24.2. The number of carboxylic acid groups (broad SMARTS) is 1. The molecule has 1 heterocycles. The summed E-state index contributed by atoms with van der Waals surface area (Å²) in [6.45, 7) is 5.09. The van der Waals surface area contributed by atoms with Gasteiger partial charge in [0.2, 0.25) is 0 Å². The molecule has 3 N–H and O–H groups in total. The van der Waals surface area contributed by atoms with Crippen molar-refractivity contribution in [3.8, 4) is 22.6 Å². The minimum atomic E-state index is -0.909. The molecule has 3 aromatic carbocycles. The normalized spacial score (nSPS) is 11.2. The maximum atomic E-state index is 11.3. The number of fused-ring (bicyclic) bond motifs is 1. The van der Waals surface area contributed by atoms with E-state index in [1.165, 1.54) is 5.39 Å². The molecule has 0 unspecified atom stereocenters. The van der Waals surface area contributed by atoms with Gasteiger partial charge in [-0.1, -0.05) is 24.3 Å². The first-order valence-corrected chi connectivity index (χ1v) is 11.3. The van der Waals surface area contributed by atoms with Crippen LogP contribution in [0.3, 0.4) is 0 Å². The Labute approximate surface area is 199 Å². The Hall–Kier alpha value is -3.77. The van der Waals surface area contributed by atoms with Gasteiger partial charge in [-0.05, 0) is 66.4 Å². The van der Waals surface area contributed by atoms with Crippen LogP contribution >= 0.6 is 0 Å². The molecule has 0 saturated heterocycles. The lowest BCUT2D eigenvalue weighted by atomic mass is 9.97. The molecule has 4 aromatic rings. The van der Waals surface area contributed by atoms with Crippen LogP contribution < -0.4 is 15.2 Å². The molecule has 4 rings (SSSR count). The third-order valence-corrected chi connectivity index (χ3v) is 5.94. The van der Waals surface area contributed by atoms with E-state index in [9.17, 15) is 9.90 Å². The van der Waals surface area contributed by atoms with Gasteiger partial charge >= 0.3 is 5.97 Å². The number of nitrogens with two attached hydrogens (primary N) is 1. The number of hydrogen-bond acceptors (Lipinski definition) is 4. The average molecular weight is 459 g/mol. The van der Waals surface area contributed by atoms with Gasteiger partial charge in [0, 0.05) is 41.3 Å². The van der Waals surface area contributed by atoms with Gasteiger partial charge in [-0.25, -0.2) is 0 Å². The summed E-state index contributed by atoms with van der Waals surface area (Å²) >= 11 is 0. The highest BCUT2D eigenvalue weighted by Crippen LogP contribution is 2.34. The molecule has 176 valence electrons. The van der Waals surface area contributed by atoms with Gasteiger partial charge in [0.05, 0.1) is 13.5 Å². The number of rotatable bonds is 9. The largest absolute Gasteiger partial charge is 0.497 e. The van der Waals surface area contributed by atoms with Gasteiger partial charge in [-0.3, -0.25) is 4.79 Å². The van der Waals surface area contributed by atoms with Crippen LogP contribution in [0.1, 0.15) is 36.6 Å². The molecule has 1 aromatic heterocycles. The lowest BCUT2D eigenvalue weighted by Gasteiger charge is -2.16. The zero-order valence-corrected chi connectivity index (χ0v) is 19.7. The van der Waals surface area contributed by atoms with Crippen LogP contribution in [0.15, 0.2) is 66.9 Å². The third kappa shape index (κ3) is 4.92. The molecule has 6 heteroatoms. The Morgan fingerprint density at radius 2 is 1.88 bits per heavy atom. The molecule has 0 aliphatic carbocycles. The summed E-state index contributed by atoms with van der Waals surface area (Å²) in [4.78, 5) is 11.3. The second-order valence-corrected chi connectivity index (χ2v) is 8.63. The quantitative estimate of drug-likeness (QED) is 0.343. The van der Waals surface area contributed by atoms with Crippen molar-refractivity contribution >= 4 is 16.9 Å². The van der Waals surface area contributed by atoms with Crippen LogP contribution in [0.2, 0.25) is 0 Å². The number of aliphatic carboxylic acids is 1. The predicted octanol–water partition coefficient (Wildman–Crippen LogP) is 5.56. The summed E-state index contributed by atoms with van der Waals surface area (Å²) in [5, 5.41) is 10.5. The van der Waals surface area contributed by atoms with Gasteiger partial charge in [-0.15, -0.1) is 0 Å². The van der Waals surface area contributed by atoms with Crippen molar-refractivity contribution in [3.05, 3.63) is 83.6 Å². The second-order valence-electron chi connectivity index (χ2n) is 8.63. The lowest BCUT2D eigenvalue weighted by molar-refractivity contribution is -0.136. The highest BCUT2D eigenvalue weighted by Gasteiger charge is 2.14. The molecule has 0 spiro atoms. The van der Waals surface area contributed by atoms with Crippen molar-refractivity contribution in [2.75, 3.05) is 7.11 Å². The molecule has 34 heavy (non-hydrogen) atoms. The van der Waals surface area contributed by atoms with Crippen molar-refractivity contribution < 1.29 is 19.4 Å². The average Bonchev–Trinajstić information content (AvgIpc) is 3.27. The van der Waals surface area contributed by atoms with Crippen molar-refractivity contribution in [1.82, 2.24) is 4.57 Å². The van der Waals surface area contributed by atoms with Crippen LogP contribution in [0, 0.1) is 0 Å². The molecule has 0 aliphatic rings. The number of benzene rings is 3. The van der Waals surface area contributed by atoms with E-state index in [1.807, 2.05) is 12.1 Å². The highest BCUT2D eigenvalue weighted by molar-refractivity contribution is 5.96. The number of hydrogen-bond donors (Lipinski definition) is 2. The Morgan fingerprint density at radius 3 is 2.59 bits per heavy atom. The minimum Gasteiger partial charge on any atom is -0.497 e. The van der Waals surface area contributed by atoms with Crippen LogP contribution in [-0.2, 0) is 24.4 Å². The van der Waals surface area contributed by atoms with E-state index in [1.54, 1.807) is 25.3 Å². The van der Waals surface area contributed by atoms with E-state index in [-0.39, 0.29) is 6.42 Å². The summed E-state index contributed by atoms with van der Waals surface area (Å²) in [7, 11) is 1.58. The van der Waals surface area contributed by atoms with E-state index in [2.05, 4.69) is 54.9 Å². The first-order valence-electron chi connectivity index (χ1n) is 11.3. The van der Waals surface area contributed by atoms with Crippen LogP contribution in [0.25, 0.3) is 22.0 Å². The smallest absolute Gasteiger partial charge is 0.307 e. The maximum absolute atomic E-state index is 11.3. The molecule has 6 nitrogen and oxygen atoms in total. The molecule has 0 amide bonds. The van der Waals surface area contributed by atoms with Gasteiger partial charge in [0.25, 0.3) is 0 Å². The molecule has 0 radical (unpaired) electrons. The van der Waals surface area contributed by atoms with E-state index < -0.39 is 5.97 Å². The Kier molecular flexibility index (Phi) is 6.89. The van der Waals surface area contributed by atoms with E-state index in [0.717, 1.165) is 27.8 Å². The van der Waals surface area contributed by atoms with Crippen molar-refractivity contribution in [2.24, 2.45) is 5.73 Å². The van der Waals surface area contributed by atoms with Crippen molar-refractivity contribution in [1.29, 1.82) is 0 Å². The maximum Gasteiger partial charge on any atom is 0.307 e. The molecule has 0 bridgehead atoms. The summed E-state index contributed by atoms with van der Waals surface area (Å²) in [5.74, 6) is 0.216. The van der Waals surface area contributed by atoms with Gasteiger partial charge < -0.3 is 24.9 Å². The fraction of sp³-hybridized carbons (Fsp3) is 0.250. The topological polar surface area (TPSA) is 86.7 Å². The Balaban J connectivity index is 1.76. The number of carboxylic acids is 1. The first kappa shape index (κ1) is 23.4. The van der Waals surface area contributed by atoms with Crippen molar-refractivity contribution in [2.45, 2.75) is 39.5 Å². The summed E-state index contributed by atoms with van der Waals surface area (Å²) < 4.78 is 13.7. The Bertz CT molecular complexity index is 1320. The Morgan fingerprint density at radius 1 is 1.06 bits per heavy atom. The number of methoxy groups -OCH3 is 1. The van der Waals surface area contributed by atoms with Gasteiger partial charge in [0.1, 0.15) is 18.1 Å². The number of aromatic nitrogens is 1. The molecule has 0 aliphatic heterocycles. The monoisotopic (exact) mass is 458 g/mol. The fourth-order valence-corrected chi connectivity index (χ4v) is 4.22. The standard InChI is InChI=1S/C28H30N2O4/c1-18(2)30-10-9-24-25(21-6-4-5-19(11-21)16-29)12-20(13-26(24)30)17-34-27-15-23(33-3)8-7-22(27)14-28(31)32/h4-13,15,18H,14,16-17,29H2,1-3H3,(H,31,32). The zero-order valence-electron chi connectivity index (χ0n) is 19.7. The van der Waals surface area contributed by atoms with Crippen LogP contribution in [-0.4, -0.2) is 22.8 Å². The molecule has 0 saturated carbocycles. The minimum absolute atomic E-state index is 0.119. The van der Waals surface area contributed by atoms with E-state index >= 15 is 0 Å². The number of carbonyl (C=O) groups is 1. The van der Waals surface area contributed by atoms with Crippen molar-refractivity contribution in [3.63, 3.8) is 0 Å². The SMILES string of the molecule is COc1ccc(CC(=O)O)c(OCc2cc(-c3cccc(CN)c3)c3ccn(C(C)C)c3c2)c1.